The van der Waals surface area contributed by atoms with Gasteiger partial charge in [-0.05, 0) is 66.5 Å². The molecule has 1 aromatic carbocycles. The first-order chi connectivity index (χ1) is 14.7. The predicted octanol–water partition coefficient (Wildman–Crippen LogP) is 2.97. The number of rotatable bonds is 7. The Bertz CT molecular complexity index is 870. The SMILES string of the molecule is CCOc1cc([C@H]2OCCC34C[C@@H](C[C@H]23)C(C)(C)[C@H]4NC(C)=O)ccc1OCC(N)=O. The van der Waals surface area contributed by atoms with Crippen molar-refractivity contribution in [3.63, 3.8) is 0 Å². The highest BCUT2D eigenvalue weighted by atomic mass is 16.5. The van der Waals surface area contributed by atoms with Crippen LogP contribution in [0, 0.1) is 22.7 Å². The normalized spacial score (nSPS) is 32.9. The fourth-order valence-corrected chi connectivity index (χ4v) is 6.56. The Labute approximate surface area is 184 Å². The largest absolute Gasteiger partial charge is 0.490 e. The van der Waals surface area contributed by atoms with Gasteiger partial charge in [0.2, 0.25) is 5.91 Å². The molecule has 1 saturated heterocycles. The maximum Gasteiger partial charge on any atom is 0.255 e. The third-order valence-electron chi connectivity index (χ3n) is 7.82. The van der Waals surface area contributed by atoms with Crippen molar-refractivity contribution in [2.75, 3.05) is 19.8 Å². The van der Waals surface area contributed by atoms with Gasteiger partial charge >= 0.3 is 0 Å². The molecule has 3 aliphatic rings. The molecule has 2 saturated carbocycles. The van der Waals surface area contributed by atoms with Gasteiger partial charge in [0.1, 0.15) is 0 Å². The van der Waals surface area contributed by atoms with E-state index in [1.165, 1.54) is 0 Å². The quantitative estimate of drug-likeness (QED) is 0.693. The van der Waals surface area contributed by atoms with Gasteiger partial charge in [-0.25, -0.2) is 0 Å². The van der Waals surface area contributed by atoms with Crippen LogP contribution in [0.2, 0.25) is 0 Å². The van der Waals surface area contributed by atoms with E-state index in [1.807, 2.05) is 25.1 Å². The Morgan fingerprint density at radius 3 is 2.71 bits per heavy atom. The van der Waals surface area contributed by atoms with Gasteiger partial charge in [0.15, 0.2) is 18.1 Å². The molecule has 7 nitrogen and oxygen atoms in total. The fourth-order valence-electron chi connectivity index (χ4n) is 6.56. The average Bonchev–Trinajstić information content (AvgIpc) is 3.19. The number of ether oxygens (including phenoxy) is 3. The van der Waals surface area contributed by atoms with Crippen molar-refractivity contribution in [2.45, 2.75) is 59.1 Å². The Kier molecular flexibility index (Phi) is 5.66. The van der Waals surface area contributed by atoms with Crippen molar-refractivity contribution in [1.29, 1.82) is 0 Å². The highest BCUT2D eigenvalue weighted by Gasteiger charge is 2.68. The summed E-state index contributed by atoms with van der Waals surface area (Å²) >= 11 is 0. The lowest BCUT2D eigenvalue weighted by Crippen LogP contribution is -2.58. The molecule has 1 aliphatic heterocycles. The minimum absolute atomic E-state index is 0.0383. The zero-order chi connectivity index (χ0) is 22.4. The van der Waals surface area contributed by atoms with E-state index in [0.717, 1.165) is 24.8 Å². The van der Waals surface area contributed by atoms with Crippen LogP contribution in [-0.2, 0) is 14.3 Å². The second-order valence-electron chi connectivity index (χ2n) is 9.87. The molecule has 1 heterocycles. The van der Waals surface area contributed by atoms with Gasteiger partial charge in [0.05, 0.1) is 12.7 Å². The van der Waals surface area contributed by atoms with E-state index in [9.17, 15) is 9.59 Å². The number of amides is 2. The highest BCUT2D eigenvalue weighted by Crippen LogP contribution is 2.70. The van der Waals surface area contributed by atoms with Crippen molar-refractivity contribution in [1.82, 2.24) is 5.32 Å². The molecule has 170 valence electrons. The minimum atomic E-state index is -0.530. The Balaban J connectivity index is 1.65. The lowest BCUT2D eigenvalue weighted by molar-refractivity contribution is -0.136. The molecule has 31 heavy (non-hydrogen) atoms. The topological polar surface area (TPSA) is 99.9 Å². The summed E-state index contributed by atoms with van der Waals surface area (Å²) in [6.45, 7) is 9.08. The smallest absolute Gasteiger partial charge is 0.255 e. The molecule has 1 aromatic rings. The summed E-state index contributed by atoms with van der Waals surface area (Å²) in [5.41, 5.74) is 6.39. The van der Waals surface area contributed by atoms with Gasteiger partial charge in [-0.15, -0.1) is 0 Å². The number of nitrogens with one attached hydrogen (secondary N) is 1. The zero-order valence-corrected chi connectivity index (χ0v) is 18.9. The van der Waals surface area contributed by atoms with E-state index in [2.05, 4.69) is 19.2 Å². The molecule has 0 radical (unpaired) electrons. The number of fused-ring (bicyclic) bond motifs is 1. The Hall–Kier alpha value is -2.28. The van der Waals surface area contributed by atoms with E-state index in [4.69, 9.17) is 19.9 Å². The number of carbonyl (C=O) groups excluding carboxylic acids is 2. The van der Waals surface area contributed by atoms with E-state index < -0.39 is 5.91 Å². The highest BCUT2D eigenvalue weighted by molar-refractivity contribution is 5.75. The maximum absolute atomic E-state index is 12.0. The van der Waals surface area contributed by atoms with Gasteiger partial charge in [0.25, 0.3) is 5.91 Å². The van der Waals surface area contributed by atoms with Crippen molar-refractivity contribution in [3.8, 4) is 11.5 Å². The van der Waals surface area contributed by atoms with Crippen LogP contribution >= 0.6 is 0 Å². The average molecular weight is 431 g/mol. The van der Waals surface area contributed by atoms with Crippen LogP contribution in [0.4, 0.5) is 0 Å². The third-order valence-corrected chi connectivity index (χ3v) is 7.82. The Morgan fingerprint density at radius 1 is 1.26 bits per heavy atom. The zero-order valence-electron chi connectivity index (χ0n) is 18.9. The fraction of sp³-hybridized carbons (Fsp3) is 0.667. The molecule has 7 heteroatoms. The summed E-state index contributed by atoms with van der Waals surface area (Å²) < 4.78 is 17.7. The molecule has 3 fully saturated rings. The van der Waals surface area contributed by atoms with Crippen LogP contribution < -0.4 is 20.5 Å². The van der Waals surface area contributed by atoms with Crippen molar-refractivity contribution < 1.29 is 23.8 Å². The van der Waals surface area contributed by atoms with Crippen LogP contribution in [0.5, 0.6) is 11.5 Å². The molecule has 2 bridgehead atoms. The molecule has 0 aromatic heterocycles. The Morgan fingerprint density at radius 2 is 2.03 bits per heavy atom. The number of nitrogens with two attached hydrogens (primary N) is 1. The number of hydrogen-bond donors (Lipinski definition) is 2. The first-order valence-electron chi connectivity index (χ1n) is 11.3. The van der Waals surface area contributed by atoms with Crippen molar-refractivity contribution in [3.05, 3.63) is 23.8 Å². The van der Waals surface area contributed by atoms with Crippen LogP contribution in [0.1, 0.15) is 58.6 Å². The second kappa shape index (κ2) is 8.01. The molecule has 1 spiro atoms. The maximum atomic E-state index is 12.0. The molecule has 5 atom stereocenters. The molecular formula is C24H34N2O5. The van der Waals surface area contributed by atoms with Crippen LogP contribution in [0.15, 0.2) is 18.2 Å². The van der Waals surface area contributed by atoms with E-state index in [0.29, 0.717) is 36.5 Å². The van der Waals surface area contributed by atoms with Gasteiger partial charge in [0, 0.05) is 19.6 Å². The van der Waals surface area contributed by atoms with Crippen molar-refractivity contribution in [2.24, 2.45) is 28.4 Å². The summed E-state index contributed by atoms with van der Waals surface area (Å²) in [6.07, 6.45) is 3.14. The van der Waals surface area contributed by atoms with E-state index >= 15 is 0 Å². The molecular weight excluding hydrogens is 396 g/mol. The lowest BCUT2D eigenvalue weighted by Gasteiger charge is -2.53. The summed E-state index contributed by atoms with van der Waals surface area (Å²) in [6, 6.07) is 5.94. The molecule has 3 N–H and O–H groups in total. The van der Waals surface area contributed by atoms with Crippen LogP contribution in [-0.4, -0.2) is 37.7 Å². The standard InChI is InChI=1S/C24H34N2O5/c1-5-29-19-10-15(6-7-18(19)31-13-20(25)28)21-17-11-16-12-24(17,8-9-30-21)22(23(16,3)4)26-14(2)27/h6-7,10,16-17,21-22H,5,8-9,11-13H2,1-4H3,(H2,25,28)(H,26,27)/t16-,17-,21-,22-,24?/m1/s1. The number of primary amides is 1. The van der Waals surface area contributed by atoms with Crippen LogP contribution in [0.3, 0.4) is 0 Å². The first-order valence-corrected chi connectivity index (χ1v) is 11.3. The van der Waals surface area contributed by atoms with Gasteiger partial charge in [-0.3, -0.25) is 9.59 Å². The summed E-state index contributed by atoms with van der Waals surface area (Å²) in [7, 11) is 0. The summed E-state index contributed by atoms with van der Waals surface area (Å²) in [4.78, 5) is 23.2. The van der Waals surface area contributed by atoms with E-state index in [-0.39, 0.29) is 35.5 Å². The number of carbonyl (C=O) groups is 2. The third kappa shape index (κ3) is 3.67. The number of hydrogen-bond acceptors (Lipinski definition) is 5. The number of benzene rings is 1. The first kappa shape index (κ1) is 21.9. The monoisotopic (exact) mass is 430 g/mol. The van der Waals surface area contributed by atoms with Crippen molar-refractivity contribution >= 4 is 11.8 Å². The molecule has 2 aliphatic carbocycles. The lowest BCUT2D eigenvalue weighted by atomic mass is 9.59. The molecule has 4 rings (SSSR count). The predicted molar refractivity (Wildman–Crippen MR) is 116 cm³/mol. The summed E-state index contributed by atoms with van der Waals surface area (Å²) in [5.74, 6) is 1.49. The van der Waals surface area contributed by atoms with E-state index in [1.54, 1.807) is 6.92 Å². The van der Waals surface area contributed by atoms with Gasteiger partial charge in [-0.1, -0.05) is 19.9 Å². The minimum Gasteiger partial charge on any atom is -0.490 e. The van der Waals surface area contributed by atoms with Gasteiger partial charge in [-0.2, -0.15) is 0 Å². The molecule has 1 unspecified atom stereocenters. The summed E-state index contributed by atoms with van der Waals surface area (Å²) in [5, 5.41) is 3.31. The second-order valence-corrected chi connectivity index (χ2v) is 9.87. The van der Waals surface area contributed by atoms with Gasteiger partial charge < -0.3 is 25.3 Å². The molecule has 2 amide bonds. The van der Waals surface area contributed by atoms with Crippen LogP contribution in [0.25, 0.3) is 0 Å².